The first-order valence-corrected chi connectivity index (χ1v) is 11.4. The molecule has 0 bridgehead atoms. The number of benzene rings is 3. The minimum absolute atomic E-state index is 0.0551. The lowest BCUT2D eigenvalue weighted by atomic mass is 10.2. The highest BCUT2D eigenvalue weighted by Gasteiger charge is 2.25. The standard InChI is InChI=1S/C24H21N3O5S/c1-27-16-19(24(28)26-33(29,30)22-15-9-8-14-21(22)31-2)25-23(27)18-12-6-7-13-20(18)32-17-10-4-3-5-11-17/h3-16H,1-2H3,(H,26,28). The maximum absolute atomic E-state index is 12.8. The Morgan fingerprint density at radius 2 is 1.55 bits per heavy atom. The zero-order chi connectivity index (χ0) is 23.4. The summed E-state index contributed by atoms with van der Waals surface area (Å²) >= 11 is 0. The Kier molecular flexibility index (Phi) is 6.14. The van der Waals surface area contributed by atoms with Crippen LogP contribution in [-0.2, 0) is 17.1 Å². The van der Waals surface area contributed by atoms with E-state index in [1.165, 1.54) is 25.4 Å². The number of rotatable bonds is 7. The third-order valence-corrected chi connectivity index (χ3v) is 6.16. The molecule has 4 aromatic rings. The number of amides is 1. The van der Waals surface area contributed by atoms with Gasteiger partial charge in [-0.15, -0.1) is 0 Å². The summed E-state index contributed by atoms with van der Waals surface area (Å²) in [5.41, 5.74) is 0.593. The molecule has 0 saturated carbocycles. The molecule has 0 spiro atoms. The van der Waals surface area contributed by atoms with Crippen LogP contribution >= 0.6 is 0 Å². The quantitative estimate of drug-likeness (QED) is 0.445. The van der Waals surface area contributed by atoms with Crippen LogP contribution in [0.15, 0.2) is 90.0 Å². The number of aryl methyl sites for hydroxylation is 1. The molecule has 9 heteroatoms. The fraction of sp³-hybridized carbons (Fsp3) is 0.0833. The summed E-state index contributed by atoms with van der Waals surface area (Å²) in [5, 5.41) is 0. The van der Waals surface area contributed by atoms with Gasteiger partial charge in [0.1, 0.15) is 33.7 Å². The maximum atomic E-state index is 12.8. The second kappa shape index (κ2) is 9.17. The normalized spacial score (nSPS) is 11.1. The molecule has 1 amide bonds. The summed E-state index contributed by atoms with van der Waals surface area (Å²) in [4.78, 5) is 17.0. The molecular weight excluding hydrogens is 442 g/mol. The molecule has 0 aliphatic rings. The molecule has 4 rings (SSSR count). The molecule has 0 radical (unpaired) electrons. The lowest BCUT2D eigenvalue weighted by molar-refractivity contribution is 0.0977. The van der Waals surface area contributed by atoms with E-state index in [0.29, 0.717) is 22.9 Å². The van der Waals surface area contributed by atoms with E-state index in [4.69, 9.17) is 9.47 Å². The van der Waals surface area contributed by atoms with Crippen molar-refractivity contribution in [2.24, 2.45) is 7.05 Å². The molecule has 8 nitrogen and oxygen atoms in total. The average Bonchev–Trinajstić information content (AvgIpc) is 3.21. The van der Waals surface area contributed by atoms with Gasteiger partial charge in [0.25, 0.3) is 15.9 Å². The monoisotopic (exact) mass is 463 g/mol. The van der Waals surface area contributed by atoms with E-state index in [0.717, 1.165) is 0 Å². The van der Waals surface area contributed by atoms with E-state index in [9.17, 15) is 13.2 Å². The molecule has 0 aliphatic carbocycles. The Morgan fingerprint density at radius 1 is 0.909 bits per heavy atom. The van der Waals surface area contributed by atoms with Gasteiger partial charge >= 0.3 is 0 Å². The fourth-order valence-corrected chi connectivity index (χ4v) is 4.38. The van der Waals surface area contributed by atoms with Gasteiger partial charge in [0.15, 0.2) is 0 Å². The number of sulfonamides is 1. The van der Waals surface area contributed by atoms with Crippen LogP contribution in [0, 0.1) is 0 Å². The van der Waals surface area contributed by atoms with Crippen molar-refractivity contribution < 1.29 is 22.7 Å². The second-order valence-electron chi connectivity index (χ2n) is 7.06. The van der Waals surface area contributed by atoms with E-state index in [2.05, 4.69) is 9.71 Å². The number of aromatic nitrogens is 2. The fourth-order valence-electron chi connectivity index (χ4n) is 3.25. The minimum atomic E-state index is -4.17. The minimum Gasteiger partial charge on any atom is -0.495 e. The van der Waals surface area contributed by atoms with Gasteiger partial charge in [-0.25, -0.2) is 18.1 Å². The van der Waals surface area contributed by atoms with E-state index in [1.54, 1.807) is 29.8 Å². The van der Waals surface area contributed by atoms with E-state index in [1.807, 2.05) is 48.5 Å². The zero-order valence-corrected chi connectivity index (χ0v) is 18.7. The van der Waals surface area contributed by atoms with Crippen molar-refractivity contribution in [3.8, 4) is 28.6 Å². The number of carbonyl (C=O) groups is 1. The molecule has 0 fully saturated rings. The Bertz CT molecular complexity index is 1400. The van der Waals surface area contributed by atoms with Crippen molar-refractivity contribution in [2.75, 3.05) is 7.11 Å². The summed E-state index contributed by atoms with van der Waals surface area (Å²) in [6.07, 6.45) is 1.46. The molecule has 3 aromatic carbocycles. The largest absolute Gasteiger partial charge is 0.495 e. The van der Waals surface area contributed by atoms with Crippen LogP contribution < -0.4 is 14.2 Å². The Hall–Kier alpha value is -4.11. The van der Waals surface area contributed by atoms with Crippen LogP contribution in [0.5, 0.6) is 17.2 Å². The van der Waals surface area contributed by atoms with Crippen LogP contribution in [-0.4, -0.2) is 31.0 Å². The van der Waals surface area contributed by atoms with Crippen molar-refractivity contribution >= 4 is 15.9 Å². The van der Waals surface area contributed by atoms with Crippen molar-refractivity contribution in [2.45, 2.75) is 4.90 Å². The maximum Gasteiger partial charge on any atom is 0.285 e. The summed E-state index contributed by atoms with van der Waals surface area (Å²) in [5.74, 6) is 0.920. The van der Waals surface area contributed by atoms with Gasteiger partial charge in [-0.3, -0.25) is 4.79 Å². The molecule has 0 atom stereocenters. The van der Waals surface area contributed by atoms with Crippen LogP contribution in [0.25, 0.3) is 11.4 Å². The SMILES string of the molecule is COc1ccccc1S(=O)(=O)NC(=O)c1cn(C)c(-c2ccccc2Oc2ccccc2)n1. The summed E-state index contributed by atoms with van der Waals surface area (Å²) in [6.45, 7) is 0. The molecule has 1 N–H and O–H groups in total. The number of para-hydroxylation sites is 3. The van der Waals surface area contributed by atoms with Crippen LogP contribution in [0.2, 0.25) is 0 Å². The second-order valence-corrected chi connectivity index (χ2v) is 8.71. The predicted molar refractivity (Wildman–Crippen MR) is 123 cm³/mol. The van der Waals surface area contributed by atoms with Crippen LogP contribution in [0.3, 0.4) is 0 Å². The Morgan fingerprint density at radius 3 is 2.27 bits per heavy atom. The lowest BCUT2D eigenvalue weighted by Gasteiger charge is -2.11. The van der Waals surface area contributed by atoms with Gasteiger partial charge in [-0.1, -0.05) is 42.5 Å². The summed E-state index contributed by atoms with van der Waals surface area (Å²) in [6, 6.07) is 22.6. The number of carbonyl (C=O) groups excluding carboxylic acids is 1. The highest BCUT2D eigenvalue weighted by Crippen LogP contribution is 2.32. The van der Waals surface area contributed by atoms with Gasteiger partial charge in [0.05, 0.1) is 12.7 Å². The van der Waals surface area contributed by atoms with Crippen molar-refractivity contribution in [1.29, 1.82) is 0 Å². The number of imidazole rings is 1. The van der Waals surface area contributed by atoms with Gasteiger partial charge in [-0.2, -0.15) is 0 Å². The van der Waals surface area contributed by atoms with Gasteiger partial charge in [0.2, 0.25) is 0 Å². The molecule has 0 unspecified atom stereocenters. The highest BCUT2D eigenvalue weighted by molar-refractivity contribution is 7.90. The van der Waals surface area contributed by atoms with Gasteiger partial charge < -0.3 is 14.0 Å². The van der Waals surface area contributed by atoms with E-state index < -0.39 is 15.9 Å². The third-order valence-electron chi connectivity index (χ3n) is 4.79. The number of hydrogen-bond donors (Lipinski definition) is 1. The summed E-state index contributed by atoms with van der Waals surface area (Å²) < 4.78 is 40.3. The molecule has 0 saturated heterocycles. The van der Waals surface area contributed by atoms with Crippen molar-refractivity contribution in [3.05, 3.63) is 90.8 Å². The predicted octanol–water partition coefficient (Wildman–Crippen LogP) is 4.01. The number of hydrogen-bond acceptors (Lipinski definition) is 6. The molecule has 1 aromatic heterocycles. The number of ether oxygens (including phenoxy) is 2. The number of nitrogens with zero attached hydrogens (tertiary/aromatic N) is 2. The van der Waals surface area contributed by atoms with Gasteiger partial charge in [0, 0.05) is 13.2 Å². The summed E-state index contributed by atoms with van der Waals surface area (Å²) in [7, 11) is -1.09. The van der Waals surface area contributed by atoms with Crippen molar-refractivity contribution in [3.63, 3.8) is 0 Å². The van der Waals surface area contributed by atoms with Crippen molar-refractivity contribution in [1.82, 2.24) is 14.3 Å². The Balaban J connectivity index is 1.63. The average molecular weight is 464 g/mol. The van der Waals surface area contributed by atoms with E-state index >= 15 is 0 Å². The molecular formula is C24H21N3O5S. The first kappa shape index (κ1) is 22.1. The lowest BCUT2D eigenvalue weighted by Crippen LogP contribution is -2.31. The van der Waals surface area contributed by atoms with Crippen LogP contribution in [0.1, 0.15) is 10.5 Å². The molecule has 168 valence electrons. The number of methoxy groups -OCH3 is 1. The third kappa shape index (κ3) is 4.73. The highest BCUT2D eigenvalue weighted by atomic mass is 32.2. The molecule has 0 aliphatic heterocycles. The Labute approximate surface area is 191 Å². The van der Waals surface area contributed by atoms with Crippen LogP contribution in [0.4, 0.5) is 0 Å². The molecule has 1 heterocycles. The topological polar surface area (TPSA) is 99.5 Å². The van der Waals surface area contributed by atoms with Gasteiger partial charge in [-0.05, 0) is 36.4 Å². The molecule has 33 heavy (non-hydrogen) atoms. The smallest absolute Gasteiger partial charge is 0.285 e. The first-order valence-electron chi connectivity index (χ1n) is 9.95. The number of nitrogens with one attached hydrogen (secondary N) is 1. The zero-order valence-electron chi connectivity index (χ0n) is 17.9. The first-order chi connectivity index (χ1) is 15.9. The van der Waals surface area contributed by atoms with E-state index in [-0.39, 0.29) is 16.3 Å².